The summed E-state index contributed by atoms with van der Waals surface area (Å²) in [6, 6.07) is 7.24. The molecule has 1 amide bonds. The van der Waals surface area contributed by atoms with E-state index in [1.165, 1.54) is 12.7 Å². The lowest BCUT2D eigenvalue weighted by atomic mass is 9.74. The van der Waals surface area contributed by atoms with E-state index in [4.69, 9.17) is 9.72 Å². The first-order valence-electron chi connectivity index (χ1n) is 11.6. The fourth-order valence-electron chi connectivity index (χ4n) is 4.82. The normalized spacial score (nSPS) is 20.4. The zero-order valence-electron chi connectivity index (χ0n) is 19.3. The minimum Gasteiger partial charge on any atom is -0.481 e. The Balaban J connectivity index is 1.31. The molecule has 0 radical (unpaired) electrons. The van der Waals surface area contributed by atoms with Crippen molar-refractivity contribution >= 4 is 17.7 Å². The van der Waals surface area contributed by atoms with E-state index in [-0.39, 0.29) is 12.3 Å². The molecule has 33 heavy (non-hydrogen) atoms. The molecule has 0 aromatic carbocycles. The number of fused-ring (bicyclic) bond motifs is 1. The van der Waals surface area contributed by atoms with Gasteiger partial charge >= 0.3 is 5.97 Å². The molecule has 8 heteroatoms. The number of aromatic nitrogens is 2. The Bertz CT molecular complexity index is 1010. The van der Waals surface area contributed by atoms with Crippen LogP contribution in [-0.4, -0.2) is 52.1 Å². The molecule has 1 fully saturated rings. The highest BCUT2D eigenvalue weighted by Gasteiger charge is 2.50. The molecule has 0 unspecified atom stereocenters. The first-order valence-corrected chi connectivity index (χ1v) is 11.6. The lowest BCUT2D eigenvalue weighted by molar-refractivity contribution is -0.165. The van der Waals surface area contributed by atoms with Crippen molar-refractivity contribution in [3.8, 4) is 5.88 Å². The summed E-state index contributed by atoms with van der Waals surface area (Å²) in [6.45, 7) is 3.52. The molecule has 0 saturated carbocycles. The highest BCUT2D eigenvalue weighted by Crippen LogP contribution is 2.43. The van der Waals surface area contributed by atoms with E-state index >= 15 is 0 Å². The number of methoxy groups -OCH3 is 1. The first-order chi connectivity index (χ1) is 15.9. The monoisotopic (exact) mass is 452 g/mol. The molecule has 2 atom stereocenters. The lowest BCUT2D eigenvalue weighted by Gasteiger charge is -2.50. The highest BCUT2D eigenvalue weighted by atomic mass is 16.5. The van der Waals surface area contributed by atoms with Gasteiger partial charge in [0, 0.05) is 31.0 Å². The maximum Gasteiger partial charge on any atom is 0.305 e. The number of carbonyl (C=O) groups excluding carboxylic acids is 1. The average molecular weight is 453 g/mol. The van der Waals surface area contributed by atoms with Gasteiger partial charge in [-0.3, -0.25) is 9.59 Å². The number of likely N-dealkylation sites (tertiary alicyclic amines) is 1. The number of ether oxygens (including phenoxy) is 1. The Hall–Kier alpha value is -3.16. The molecule has 2 aromatic rings. The predicted molar refractivity (Wildman–Crippen MR) is 124 cm³/mol. The number of carbonyl (C=O) groups is 2. The number of hydrogen-bond donors (Lipinski definition) is 2. The fourth-order valence-corrected chi connectivity index (χ4v) is 4.82. The van der Waals surface area contributed by atoms with Crippen LogP contribution in [0.1, 0.15) is 61.9 Å². The maximum absolute atomic E-state index is 13.1. The largest absolute Gasteiger partial charge is 0.481 e. The van der Waals surface area contributed by atoms with Crippen molar-refractivity contribution in [3.05, 3.63) is 47.3 Å². The van der Waals surface area contributed by atoms with Gasteiger partial charge in [0.1, 0.15) is 5.82 Å². The summed E-state index contributed by atoms with van der Waals surface area (Å²) in [4.78, 5) is 35.2. The number of pyridine rings is 2. The number of aliphatic carboxylic acids is 1. The van der Waals surface area contributed by atoms with Crippen molar-refractivity contribution in [2.24, 2.45) is 5.41 Å². The fraction of sp³-hybridized carbons (Fsp3) is 0.520. The van der Waals surface area contributed by atoms with Gasteiger partial charge in [0.15, 0.2) is 0 Å². The van der Waals surface area contributed by atoms with Crippen molar-refractivity contribution < 1.29 is 19.4 Å². The highest BCUT2D eigenvalue weighted by molar-refractivity contribution is 5.89. The topological polar surface area (TPSA) is 105 Å². The van der Waals surface area contributed by atoms with E-state index in [9.17, 15) is 14.7 Å². The summed E-state index contributed by atoms with van der Waals surface area (Å²) >= 11 is 0. The summed E-state index contributed by atoms with van der Waals surface area (Å²) in [5.74, 6) is 0.551. The maximum atomic E-state index is 13.1. The molecule has 0 aliphatic carbocycles. The number of nitrogens with zero attached hydrogens (tertiary/aromatic N) is 3. The number of aryl methyl sites for hydroxylation is 2. The Labute approximate surface area is 194 Å². The molecule has 1 saturated heterocycles. The van der Waals surface area contributed by atoms with E-state index in [1.54, 1.807) is 23.2 Å². The number of rotatable bonds is 10. The van der Waals surface area contributed by atoms with Crippen LogP contribution in [0.2, 0.25) is 0 Å². The minimum absolute atomic E-state index is 0.0145. The molecule has 4 heterocycles. The zero-order chi connectivity index (χ0) is 23.4. The Morgan fingerprint density at radius 1 is 1.30 bits per heavy atom. The van der Waals surface area contributed by atoms with Crippen molar-refractivity contribution in [2.45, 2.75) is 57.9 Å². The second-order valence-corrected chi connectivity index (χ2v) is 9.29. The molecule has 176 valence electrons. The third kappa shape index (κ3) is 5.10. The van der Waals surface area contributed by atoms with Crippen molar-refractivity contribution in [3.63, 3.8) is 0 Å². The van der Waals surface area contributed by atoms with Crippen LogP contribution in [0.5, 0.6) is 5.88 Å². The predicted octanol–water partition coefficient (Wildman–Crippen LogP) is 3.62. The van der Waals surface area contributed by atoms with Crippen LogP contribution >= 0.6 is 0 Å². The molecule has 2 aliphatic rings. The summed E-state index contributed by atoms with van der Waals surface area (Å²) in [7, 11) is 1.53. The van der Waals surface area contributed by atoms with Gasteiger partial charge in [0.25, 0.3) is 0 Å². The number of anilines is 1. The molecule has 2 aromatic heterocycles. The molecule has 2 aliphatic heterocycles. The van der Waals surface area contributed by atoms with Gasteiger partial charge in [-0.25, -0.2) is 9.97 Å². The number of unbranched alkanes of at least 4 members (excludes halogenated alkanes) is 1. The van der Waals surface area contributed by atoms with Crippen molar-refractivity contribution in [1.82, 2.24) is 14.9 Å². The number of carboxylic acid groups (broad SMARTS) is 1. The number of hydrogen-bond acceptors (Lipinski definition) is 6. The Kier molecular flexibility index (Phi) is 6.81. The molecule has 4 rings (SSSR count). The van der Waals surface area contributed by atoms with Gasteiger partial charge in [0.05, 0.1) is 25.0 Å². The third-order valence-corrected chi connectivity index (χ3v) is 6.76. The van der Waals surface area contributed by atoms with Gasteiger partial charge in [-0.1, -0.05) is 18.6 Å². The second kappa shape index (κ2) is 9.77. The van der Waals surface area contributed by atoms with Crippen LogP contribution in [0.15, 0.2) is 30.5 Å². The van der Waals surface area contributed by atoms with E-state index in [0.29, 0.717) is 18.0 Å². The van der Waals surface area contributed by atoms with Crippen LogP contribution < -0.4 is 10.1 Å². The zero-order valence-corrected chi connectivity index (χ0v) is 19.3. The summed E-state index contributed by atoms with van der Waals surface area (Å²) < 4.78 is 5.08. The summed E-state index contributed by atoms with van der Waals surface area (Å²) in [6.07, 6.45) is 7.26. The molecule has 8 nitrogen and oxygen atoms in total. The van der Waals surface area contributed by atoms with Crippen LogP contribution in [0.4, 0.5) is 5.82 Å². The summed E-state index contributed by atoms with van der Waals surface area (Å²) in [5, 5.41) is 12.8. The van der Waals surface area contributed by atoms with Crippen LogP contribution in [0, 0.1) is 5.41 Å². The number of amides is 1. The molecular weight excluding hydrogens is 420 g/mol. The van der Waals surface area contributed by atoms with Gasteiger partial charge in [-0.15, -0.1) is 0 Å². The van der Waals surface area contributed by atoms with Crippen LogP contribution in [0.3, 0.4) is 0 Å². The molecule has 2 N–H and O–H groups in total. The molecule has 0 bridgehead atoms. The second-order valence-electron chi connectivity index (χ2n) is 9.29. The quantitative estimate of drug-likeness (QED) is 0.419. The van der Waals surface area contributed by atoms with Gasteiger partial charge in [0.2, 0.25) is 11.8 Å². The van der Waals surface area contributed by atoms with E-state index < -0.39 is 17.4 Å². The number of carboxylic acids is 1. The standard InChI is InChI=1S/C25H32N4O4/c1-25(12-4-3-7-19-10-8-17-6-5-13-26-23(17)28-19)16-29(24(25)32)20(14-22(30)31)18-9-11-21(33-2)27-15-18/h8-11,15,20H,3-7,12-14,16H2,1-2H3,(H,26,28)(H,30,31)/t20-,25-/m0/s1. The Morgan fingerprint density at radius 2 is 2.15 bits per heavy atom. The minimum atomic E-state index is -0.940. The Morgan fingerprint density at radius 3 is 2.85 bits per heavy atom. The summed E-state index contributed by atoms with van der Waals surface area (Å²) in [5.41, 5.74) is 2.64. The lowest BCUT2D eigenvalue weighted by Crippen LogP contribution is -2.61. The SMILES string of the molecule is COc1ccc([C@H](CC(=O)O)N2C[C@](C)(CCCCc3ccc4c(n3)NCCC4)C2=O)cn1. The van der Waals surface area contributed by atoms with Gasteiger partial charge in [-0.2, -0.15) is 0 Å². The average Bonchev–Trinajstić information content (AvgIpc) is 2.83. The van der Waals surface area contributed by atoms with Crippen molar-refractivity contribution in [2.75, 3.05) is 25.5 Å². The number of nitrogens with one attached hydrogen (secondary N) is 1. The van der Waals surface area contributed by atoms with Gasteiger partial charge in [-0.05, 0) is 56.2 Å². The first kappa shape index (κ1) is 23.0. The van der Waals surface area contributed by atoms with E-state index in [2.05, 4.69) is 22.4 Å². The van der Waals surface area contributed by atoms with Crippen LogP contribution in [-0.2, 0) is 22.4 Å². The third-order valence-electron chi connectivity index (χ3n) is 6.76. The van der Waals surface area contributed by atoms with Gasteiger partial charge < -0.3 is 20.1 Å². The smallest absolute Gasteiger partial charge is 0.305 e. The van der Waals surface area contributed by atoms with Crippen LogP contribution in [0.25, 0.3) is 0 Å². The van der Waals surface area contributed by atoms with E-state index in [0.717, 1.165) is 56.6 Å². The molecule has 0 spiro atoms. The number of β-lactam (4-membered cyclic amide) rings is 1. The van der Waals surface area contributed by atoms with Crippen molar-refractivity contribution in [1.29, 1.82) is 0 Å². The molecular formula is C25H32N4O4. The van der Waals surface area contributed by atoms with E-state index in [1.807, 2.05) is 6.92 Å².